The number of amides is 2. The van der Waals surface area contributed by atoms with Crippen LogP contribution in [0.3, 0.4) is 0 Å². The molecule has 2 aliphatic heterocycles. The molecule has 0 bridgehead atoms. The van der Waals surface area contributed by atoms with Crippen LogP contribution >= 0.6 is 0 Å². The van der Waals surface area contributed by atoms with Gasteiger partial charge in [-0.15, -0.1) is 0 Å². The Bertz CT molecular complexity index is 847. The summed E-state index contributed by atoms with van der Waals surface area (Å²) in [4.78, 5) is 48.5. The summed E-state index contributed by atoms with van der Waals surface area (Å²) in [6.07, 6.45) is -1.56. The second kappa shape index (κ2) is 7.85. The van der Waals surface area contributed by atoms with E-state index in [1.54, 1.807) is 41.5 Å². The highest BCUT2D eigenvalue weighted by Gasteiger charge is 2.45. The summed E-state index contributed by atoms with van der Waals surface area (Å²) in [6, 6.07) is 0. The van der Waals surface area contributed by atoms with E-state index in [1.807, 2.05) is 0 Å². The highest BCUT2D eigenvalue weighted by molar-refractivity contribution is 6.09. The third kappa shape index (κ3) is 4.03. The zero-order valence-corrected chi connectivity index (χ0v) is 17.8. The van der Waals surface area contributed by atoms with Crippen LogP contribution < -0.4 is 11.5 Å². The topological polar surface area (TPSA) is 157 Å². The van der Waals surface area contributed by atoms with E-state index in [0.29, 0.717) is 0 Å². The Labute approximate surface area is 173 Å². The first kappa shape index (κ1) is 23.0. The van der Waals surface area contributed by atoms with Gasteiger partial charge in [-0.25, -0.2) is 9.59 Å². The first-order valence-electron chi connectivity index (χ1n) is 9.40. The number of hydrogen-bond donors (Lipinski definition) is 2. The Hall–Kier alpha value is -3.30. The van der Waals surface area contributed by atoms with Crippen molar-refractivity contribution in [2.75, 3.05) is 0 Å². The highest BCUT2D eigenvalue weighted by atomic mass is 16.8. The van der Waals surface area contributed by atoms with Crippen LogP contribution in [0.5, 0.6) is 0 Å². The summed E-state index contributed by atoms with van der Waals surface area (Å²) in [7, 11) is 0. The minimum absolute atomic E-state index is 0.0435. The van der Waals surface area contributed by atoms with Crippen molar-refractivity contribution in [3.05, 3.63) is 33.8 Å². The van der Waals surface area contributed by atoms with E-state index < -0.39 is 35.3 Å². The van der Waals surface area contributed by atoms with E-state index in [1.165, 1.54) is 0 Å². The van der Waals surface area contributed by atoms with E-state index in [9.17, 15) is 19.2 Å². The van der Waals surface area contributed by atoms with Crippen LogP contribution in [0.1, 0.15) is 54.4 Å². The molecule has 0 aromatic carbocycles. The molecule has 0 unspecified atom stereocenters. The van der Waals surface area contributed by atoms with Crippen LogP contribution in [0, 0.1) is 0 Å². The molecule has 2 rings (SSSR count). The fourth-order valence-electron chi connectivity index (χ4n) is 3.56. The monoisotopic (exact) mass is 422 g/mol. The van der Waals surface area contributed by atoms with Crippen LogP contribution in [0.25, 0.3) is 0 Å². The zero-order valence-electron chi connectivity index (χ0n) is 17.8. The molecule has 2 aliphatic rings. The minimum Gasteiger partial charge on any atom is -0.420 e. The maximum absolute atomic E-state index is 12.5. The molecule has 164 valence electrons. The third-order valence-electron chi connectivity index (χ3n) is 4.74. The third-order valence-corrected chi connectivity index (χ3v) is 4.74. The van der Waals surface area contributed by atoms with Crippen LogP contribution in [0.2, 0.25) is 0 Å². The maximum atomic E-state index is 12.5. The summed E-state index contributed by atoms with van der Waals surface area (Å²) in [5.41, 5.74) is 8.77. The second-order valence-corrected chi connectivity index (χ2v) is 7.73. The Kier molecular flexibility index (Phi) is 6.01. The molecule has 0 atom stereocenters. The molecule has 10 heteroatoms. The summed E-state index contributed by atoms with van der Waals surface area (Å²) < 4.78 is 20.6. The Morgan fingerprint density at radius 3 is 1.20 bits per heavy atom. The number of cyclic esters (lactones) is 4. The predicted octanol–water partition coefficient (Wildman–Crippen LogP) is 2.47. The molecule has 30 heavy (non-hydrogen) atoms. The number of hydrogen-bond acceptors (Lipinski definition) is 8. The molecule has 0 saturated carbocycles. The quantitative estimate of drug-likeness (QED) is 0.488. The Morgan fingerprint density at radius 1 is 0.733 bits per heavy atom. The van der Waals surface area contributed by atoms with Crippen LogP contribution in [0.15, 0.2) is 33.8 Å². The highest BCUT2D eigenvalue weighted by Crippen LogP contribution is 2.40. The lowest BCUT2D eigenvalue weighted by Gasteiger charge is -2.23. The van der Waals surface area contributed by atoms with Gasteiger partial charge in [0, 0.05) is 11.1 Å². The summed E-state index contributed by atoms with van der Waals surface area (Å²) in [5, 5.41) is 0. The molecule has 4 N–H and O–H groups in total. The SMILES string of the molecule is CCC(=C1OC(=O)OC1(C)C)/C(C(N)=O)=C(\C(N)=O)C(CC)=C1OC(=O)OC1(C)C. The van der Waals surface area contributed by atoms with Crippen molar-refractivity contribution in [2.45, 2.75) is 65.6 Å². The maximum Gasteiger partial charge on any atom is 0.514 e. The molecule has 0 aromatic heterocycles. The Balaban J connectivity index is 2.96. The lowest BCUT2D eigenvalue weighted by Crippen LogP contribution is -2.30. The molecule has 0 aromatic rings. The standard InChI is InChI=1S/C20H26N2O8/c1-7-9(13-19(3,4)29-17(25)27-13)11(15(21)23)12(16(22)24)10(8-2)14-20(5,6)30-18(26)28-14/h7-8H2,1-6H3,(H2,21,23)(H2,22,24)/b12-11+,13-9?,14-10?. The molecule has 0 aliphatic carbocycles. The average Bonchev–Trinajstić information content (AvgIpc) is 3.02. The van der Waals surface area contributed by atoms with Gasteiger partial charge in [-0.3, -0.25) is 9.59 Å². The normalized spacial score (nSPS) is 23.5. The molecular weight excluding hydrogens is 396 g/mol. The minimum atomic E-state index is -1.20. The number of primary amides is 2. The lowest BCUT2D eigenvalue weighted by molar-refractivity contribution is -0.117. The van der Waals surface area contributed by atoms with Crippen molar-refractivity contribution in [1.29, 1.82) is 0 Å². The van der Waals surface area contributed by atoms with Gasteiger partial charge in [0.25, 0.3) is 0 Å². The smallest absolute Gasteiger partial charge is 0.420 e. The summed E-state index contributed by atoms with van der Waals surface area (Å²) in [6.45, 7) is 9.66. The van der Waals surface area contributed by atoms with E-state index in [0.717, 1.165) is 0 Å². The molecule has 2 saturated heterocycles. The summed E-state index contributed by atoms with van der Waals surface area (Å²) in [5.74, 6) is -1.85. The first-order chi connectivity index (χ1) is 13.8. The number of ether oxygens (including phenoxy) is 4. The molecule has 2 fully saturated rings. The molecule has 10 nitrogen and oxygen atoms in total. The number of carbonyl (C=O) groups is 4. The zero-order chi connectivity index (χ0) is 23.0. The van der Waals surface area contributed by atoms with Gasteiger partial charge in [0.2, 0.25) is 11.8 Å². The molecule has 2 heterocycles. The van der Waals surface area contributed by atoms with Gasteiger partial charge in [0.15, 0.2) is 22.7 Å². The van der Waals surface area contributed by atoms with E-state index in [4.69, 9.17) is 30.4 Å². The first-order valence-corrected chi connectivity index (χ1v) is 9.40. The fourth-order valence-corrected chi connectivity index (χ4v) is 3.56. The molecule has 0 spiro atoms. The number of rotatable bonds is 6. The van der Waals surface area contributed by atoms with Crippen molar-refractivity contribution in [3.8, 4) is 0 Å². The van der Waals surface area contributed by atoms with E-state index >= 15 is 0 Å². The van der Waals surface area contributed by atoms with Crippen molar-refractivity contribution >= 4 is 24.1 Å². The fraction of sp³-hybridized carbons (Fsp3) is 0.500. The van der Waals surface area contributed by atoms with Crippen molar-refractivity contribution in [1.82, 2.24) is 0 Å². The van der Waals surface area contributed by atoms with Crippen molar-refractivity contribution in [3.63, 3.8) is 0 Å². The summed E-state index contributed by atoms with van der Waals surface area (Å²) >= 11 is 0. The van der Waals surface area contributed by atoms with E-state index in [-0.39, 0.29) is 46.7 Å². The predicted molar refractivity (Wildman–Crippen MR) is 103 cm³/mol. The van der Waals surface area contributed by atoms with Gasteiger partial charge >= 0.3 is 12.3 Å². The van der Waals surface area contributed by atoms with Crippen LogP contribution in [-0.4, -0.2) is 35.3 Å². The van der Waals surface area contributed by atoms with Gasteiger partial charge in [0.1, 0.15) is 0 Å². The van der Waals surface area contributed by atoms with Crippen molar-refractivity contribution in [2.24, 2.45) is 11.5 Å². The number of carbonyl (C=O) groups excluding carboxylic acids is 4. The number of nitrogens with two attached hydrogens (primary N) is 2. The Morgan fingerprint density at radius 2 is 1.03 bits per heavy atom. The largest absolute Gasteiger partial charge is 0.514 e. The van der Waals surface area contributed by atoms with Crippen LogP contribution in [-0.2, 0) is 28.5 Å². The molecular formula is C20H26N2O8. The average molecular weight is 422 g/mol. The van der Waals surface area contributed by atoms with Gasteiger partial charge < -0.3 is 30.4 Å². The second-order valence-electron chi connectivity index (χ2n) is 7.73. The lowest BCUT2D eigenvalue weighted by atomic mass is 9.85. The van der Waals surface area contributed by atoms with Crippen molar-refractivity contribution < 1.29 is 38.1 Å². The van der Waals surface area contributed by atoms with Gasteiger partial charge in [-0.2, -0.15) is 0 Å². The van der Waals surface area contributed by atoms with Gasteiger partial charge in [0.05, 0.1) is 11.1 Å². The van der Waals surface area contributed by atoms with Gasteiger partial charge in [-0.05, 0) is 40.5 Å². The molecule has 0 radical (unpaired) electrons. The van der Waals surface area contributed by atoms with Gasteiger partial charge in [-0.1, -0.05) is 13.8 Å². The van der Waals surface area contributed by atoms with Crippen LogP contribution in [0.4, 0.5) is 9.59 Å². The molecule has 2 amide bonds. The van der Waals surface area contributed by atoms with E-state index in [2.05, 4.69) is 0 Å².